The lowest BCUT2D eigenvalue weighted by Gasteiger charge is -2.32. The van der Waals surface area contributed by atoms with Gasteiger partial charge in [0.15, 0.2) is 11.5 Å². The molecule has 3 aromatic rings. The molecule has 3 atom stereocenters. The minimum absolute atomic E-state index is 0.238. The second kappa shape index (κ2) is 12.2. The number of allylic oxidation sites excluding steroid dienone is 2. The van der Waals surface area contributed by atoms with Crippen LogP contribution in [-0.2, 0) is 21.3 Å². The van der Waals surface area contributed by atoms with Crippen LogP contribution in [-0.4, -0.2) is 59.9 Å². The monoisotopic (exact) mass is 609 g/mol. The van der Waals surface area contributed by atoms with Gasteiger partial charge in [-0.2, -0.15) is 13.4 Å². The summed E-state index contributed by atoms with van der Waals surface area (Å²) >= 11 is 0. The third-order valence-corrected chi connectivity index (χ3v) is 9.56. The highest BCUT2D eigenvalue weighted by Gasteiger charge is 2.41. The van der Waals surface area contributed by atoms with E-state index in [1.54, 1.807) is 18.3 Å². The number of pyridine rings is 1. The van der Waals surface area contributed by atoms with Crippen molar-refractivity contribution in [2.75, 3.05) is 6.61 Å². The molecule has 0 fully saturated rings. The van der Waals surface area contributed by atoms with Crippen molar-refractivity contribution in [2.24, 2.45) is 20.0 Å². The molecule has 4 aliphatic rings. The predicted molar refractivity (Wildman–Crippen MR) is 173 cm³/mol. The molecule has 2 aliphatic carbocycles. The summed E-state index contributed by atoms with van der Waals surface area (Å²) in [4.78, 5) is 29.8. The van der Waals surface area contributed by atoms with E-state index in [4.69, 9.17) is 4.74 Å². The number of hydrogen-bond acceptors (Lipinski definition) is 8. The maximum atomic E-state index is 12.6. The molecular weight excluding hydrogens is 578 g/mol. The van der Waals surface area contributed by atoms with Crippen molar-refractivity contribution in [1.29, 1.82) is 0 Å². The molecule has 1 N–H and O–H groups in total. The van der Waals surface area contributed by atoms with Crippen molar-refractivity contribution >= 4 is 63.2 Å². The molecule has 44 heavy (non-hydrogen) atoms. The van der Waals surface area contributed by atoms with Crippen LogP contribution in [0.25, 0.3) is 22.9 Å². The number of amidine groups is 1. The summed E-state index contributed by atoms with van der Waals surface area (Å²) in [5.41, 5.74) is 3.03. The number of unbranched alkanes of at least 4 members (excludes halogenated alkanes) is 1. The van der Waals surface area contributed by atoms with Crippen LogP contribution in [0.3, 0.4) is 0 Å². The molecular formula is C33H31N5O5S. The molecule has 11 heteroatoms. The number of aromatic nitrogens is 1. The number of aliphatic imine (C=N–C) groups is 4. The number of carbonyl (C=O) groups excluding carboxylic acids is 1. The predicted octanol–water partition coefficient (Wildman–Crippen LogP) is 3.68. The van der Waals surface area contributed by atoms with Crippen molar-refractivity contribution in [2.45, 2.75) is 50.2 Å². The van der Waals surface area contributed by atoms with Crippen LogP contribution in [0.15, 0.2) is 74.7 Å². The van der Waals surface area contributed by atoms with Gasteiger partial charge in [-0.05, 0) is 51.2 Å². The largest absolute Gasteiger partial charge is 0.493 e. The highest BCUT2D eigenvalue weighted by molar-refractivity contribution is 7.86. The number of nitrogens with zero attached hydrogens (tertiary/aromatic N) is 5. The smallest absolute Gasteiger partial charge is 0.301 e. The average molecular weight is 610 g/mol. The van der Waals surface area contributed by atoms with E-state index in [0.29, 0.717) is 23.9 Å². The summed E-state index contributed by atoms with van der Waals surface area (Å²) in [6, 6.07) is 12.0. The van der Waals surface area contributed by atoms with Crippen LogP contribution < -0.4 is 15.2 Å². The van der Waals surface area contributed by atoms with Gasteiger partial charge in [-0.1, -0.05) is 68.8 Å². The number of hydrogen-bond donors (Lipinski definition) is 1. The topological polar surface area (TPSA) is 143 Å². The van der Waals surface area contributed by atoms with Gasteiger partial charge in [0, 0.05) is 24.1 Å². The Morgan fingerprint density at radius 2 is 1.82 bits per heavy atom. The normalized spacial score (nSPS) is 21.2. The molecule has 0 spiro atoms. The van der Waals surface area contributed by atoms with Crippen LogP contribution in [0.5, 0.6) is 5.75 Å². The second-order valence-corrected chi connectivity index (χ2v) is 12.5. The minimum atomic E-state index is -4.34. The molecule has 224 valence electrons. The number of benzene rings is 2. The quantitative estimate of drug-likeness (QED) is 0.334. The fourth-order valence-corrected chi connectivity index (χ4v) is 7.28. The zero-order chi connectivity index (χ0) is 30.8. The fraction of sp³-hybridized carbons (Fsp3) is 0.273. The van der Waals surface area contributed by atoms with Gasteiger partial charge in [0.25, 0.3) is 10.1 Å². The molecule has 3 heterocycles. The van der Waals surface area contributed by atoms with Crippen LogP contribution in [0.4, 0.5) is 0 Å². The SMILES string of the molecule is CCCCOc1ccnc(C2C=c3c(ccc4c5c(ccc34)CC=CC=5)C(C)C2S(=O)(=O)O)c1.O=C1N=CN=C2N=CN=C12. The zero-order valence-electron chi connectivity index (χ0n) is 24.3. The van der Waals surface area contributed by atoms with Crippen LogP contribution in [0.2, 0.25) is 0 Å². The lowest BCUT2D eigenvalue weighted by Crippen LogP contribution is -2.39. The Labute approximate surface area is 254 Å². The number of rotatable bonds is 6. The molecule has 3 unspecified atom stereocenters. The van der Waals surface area contributed by atoms with Crippen molar-refractivity contribution in [1.82, 2.24) is 4.98 Å². The van der Waals surface area contributed by atoms with E-state index in [2.05, 4.69) is 68.3 Å². The van der Waals surface area contributed by atoms with Crippen molar-refractivity contribution in [3.8, 4) is 5.75 Å². The van der Waals surface area contributed by atoms with E-state index >= 15 is 0 Å². The molecule has 0 saturated carbocycles. The molecule has 10 nitrogen and oxygen atoms in total. The third-order valence-electron chi connectivity index (χ3n) is 8.17. The molecule has 0 saturated heterocycles. The van der Waals surface area contributed by atoms with E-state index in [-0.39, 0.29) is 11.6 Å². The summed E-state index contributed by atoms with van der Waals surface area (Å²) in [5, 5.41) is 3.44. The van der Waals surface area contributed by atoms with Gasteiger partial charge >= 0.3 is 5.91 Å². The molecule has 7 rings (SSSR count). The number of fused-ring (bicyclic) bond motifs is 6. The summed E-state index contributed by atoms with van der Waals surface area (Å²) in [5.74, 6) is -0.358. The van der Waals surface area contributed by atoms with E-state index in [1.807, 2.05) is 19.1 Å². The van der Waals surface area contributed by atoms with Gasteiger partial charge in [-0.3, -0.25) is 14.3 Å². The summed E-state index contributed by atoms with van der Waals surface area (Å²) in [6.07, 6.45) is 15.3. The second-order valence-electron chi connectivity index (χ2n) is 10.9. The minimum Gasteiger partial charge on any atom is -0.493 e. The maximum Gasteiger partial charge on any atom is 0.301 e. The Balaban J connectivity index is 0.000000289. The first kappa shape index (κ1) is 29.5. The van der Waals surface area contributed by atoms with Gasteiger partial charge in [0.05, 0.1) is 12.3 Å². The maximum absolute atomic E-state index is 12.6. The molecule has 2 aromatic carbocycles. The van der Waals surface area contributed by atoms with Crippen LogP contribution in [0.1, 0.15) is 55.3 Å². The zero-order valence-corrected chi connectivity index (χ0v) is 25.1. The van der Waals surface area contributed by atoms with Gasteiger partial charge in [0.2, 0.25) is 0 Å². The molecule has 1 amide bonds. The Bertz CT molecular complexity index is 2040. The van der Waals surface area contributed by atoms with Gasteiger partial charge in [0.1, 0.15) is 23.7 Å². The summed E-state index contributed by atoms with van der Waals surface area (Å²) in [7, 11) is -4.34. The first-order valence-electron chi connectivity index (χ1n) is 14.5. The molecule has 0 bridgehead atoms. The van der Waals surface area contributed by atoms with E-state index in [1.165, 1.54) is 23.5 Å². The van der Waals surface area contributed by atoms with Gasteiger partial charge in [-0.25, -0.2) is 15.0 Å². The Kier molecular flexibility index (Phi) is 8.15. The van der Waals surface area contributed by atoms with E-state index < -0.39 is 27.2 Å². The highest BCUT2D eigenvalue weighted by atomic mass is 32.2. The van der Waals surface area contributed by atoms with Crippen LogP contribution in [0, 0.1) is 0 Å². The lowest BCUT2D eigenvalue weighted by molar-refractivity contribution is -0.111. The van der Waals surface area contributed by atoms with Crippen molar-refractivity contribution in [3.63, 3.8) is 0 Å². The Morgan fingerprint density at radius 3 is 2.61 bits per heavy atom. The lowest BCUT2D eigenvalue weighted by atomic mass is 9.79. The van der Waals surface area contributed by atoms with Crippen molar-refractivity contribution in [3.05, 3.63) is 82.0 Å². The Morgan fingerprint density at radius 1 is 1.02 bits per heavy atom. The van der Waals surface area contributed by atoms with Gasteiger partial charge in [-0.15, -0.1) is 0 Å². The molecule has 0 radical (unpaired) electrons. The molecule has 1 aromatic heterocycles. The number of amides is 1. The van der Waals surface area contributed by atoms with E-state index in [0.717, 1.165) is 40.8 Å². The van der Waals surface area contributed by atoms with Crippen molar-refractivity contribution < 1.29 is 22.5 Å². The Hall–Kier alpha value is -4.61. The standard InChI is InChI=1S/C28H29NO4S.C5H2N4O/c1-3-4-15-33-20-13-14-29-27(16-20)26-17-25-21(18(2)28(26)34(30,31)32)11-12-23-22-8-6-5-7-19(22)9-10-24(23)25;10-5-3-4(7-1-6-3)8-2-9-5/h5-6,8-14,16-18,26,28H,3-4,7,15H2,1-2H3,(H,30,31,32);1-2H. The summed E-state index contributed by atoms with van der Waals surface area (Å²) in [6.45, 7) is 4.57. The first-order chi connectivity index (χ1) is 21.3. The fourth-order valence-electron chi connectivity index (χ4n) is 6.03. The third kappa shape index (κ3) is 5.68. The average Bonchev–Trinajstić information content (AvgIpc) is 3.51. The van der Waals surface area contributed by atoms with E-state index in [9.17, 15) is 17.8 Å². The number of ether oxygens (including phenoxy) is 1. The summed E-state index contributed by atoms with van der Waals surface area (Å²) < 4.78 is 41.3. The number of carbonyl (C=O) groups is 1. The van der Waals surface area contributed by atoms with Crippen LogP contribution >= 0.6 is 0 Å². The first-order valence-corrected chi connectivity index (χ1v) is 16.0. The molecule has 2 aliphatic heterocycles. The van der Waals surface area contributed by atoms with Gasteiger partial charge < -0.3 is 4.74 Å². The highest BCUT2D eigenvalue weighted by Crippen LogP contribution is 2.38.